The Labute approximate surface area is 182 Å². The maximum Gasteiger partial charge on any atom is 0.247 e. The fourth-order valence-corrected chi connectivity index (χ4v) is 3.34. The molecule has 2 amide bonds. The van der Waals surface area contributed by atoms with Crippen LogP contribution in [0, 0.1) is 0 Å². The molecule has 7 nitrogen and oxygen atoms in total. The first kappa shape index (κ1) is 22.4. The fourth-order valence-electron chi connectivity index (χ4n) is 3.34. The molecule has 0 saturated heterocycles. The van der Waals surface area contributed by atoms with Gasteiger partial charge in [-0.3, -0.25) is 14.6 Å². The Hall–Kier alpha value is -3.29. The summed E-state index contributed by atoms with van der Waals surface area (Å²) in [5, 5.41) is 6.62. The molecule has 0 spiro atoms. The van der Waals surface area contributed by atoms with Gasteiger partial charge >= 0.3 is 0 Å². The van der Waals surface area contributed by atoms with E-state index in [2.05, 4.69) is 15.6 Å². The molecule has 31 heavy (non-hydrogen) atoms. The van der Waals surface area contributed by atoms with Gasteiger partial charge in [-0.1, -0.05) is 48.5 Å². The first-order chi connectivity index (χ1) is 15.1. The summed E-state index contributed by atoms with van der Waals surface area (Å²) < 4.78 is 0. The van der Waals surface area contributed by atoms with Crippen LogP contribution in [0.3, 0.4) is 0 Å². The monoisotopic (exact) mass is 419 g/mol. The number of aromatic nitrogens is 1. The molecule has 2 aromatic carbocycles. The highest BCUT2D eigenvalue weighted by molar-refractivity contribution is 5.98. The second kappa shape index (κ2) is 11.2. The van der Waals surface area contributed by atoms with Crippen LogP contribution >= 0.6 is 0 Å². The normalized spacial score (nSPS) is 12.8. The molecule has 1 heterocycles. The van der Waals surface area contributed by atoms with Crippen LogP contribution in [0.5, 0.6) is 0 Å². The van der Waals surface area contributed by atoms with E-state index >= 15 is 0 Å². The average Bonchev–Trinajstić information content (AvgIpc) is 2.80. The third-order valence-corrected chi connectivity index (χ3v) is 5.11. The zero-order valence-corrected chi connectivity index (χ0v) is 17.5. The van der Waals surface area contributed by atoms with Crippen molar-refractivity contribution in [3.8, 4) is 0 Å². The van der Waals surface area contributed by atoms with Gasteiger partial charge in [0.15, 0.2) is 0 Å². The highest BCUT2D eigenvalue weighted by Crippen LogP contribution is 2.17. The Morgan fingerprint density at radius 1 is 0.968 bits per heavy atom. The summed E-state index contributed by atoms with van der Waals surface area (Å²) in [6, 6.07) is 18.0. The zero-order valence-electron chi connectivity index (χ0n) is 17.5. The summed E-state index contributed by atoms with van der Waals surface area (Å²) >= 11 is 0. The Bertz CT molecular complexity index is 1010. The molecular weight excluding hydrogens is 390 g/mol. The predicted molar refractivity (Wildman–Crippen MR) is 123 cm³/mol. The van der Waals surface area contributed by atoms with Crippen molar-refractivity contribution in [1.82, 2.24) is 10.3 Å². The van der Waals surface area contributed by atoms with Crippen molar-refractivity contribution < 1.29 is 9.59 Å². The first-order valence-electron chi connectivity index (χ1n) is 10.5. The van der Waals surface area contributed by atoms with Crippen molar-refractivity contribution >= 4 is 28.4 Å². The number of amides is 2. The number of hydrogen-bond acceptors (Lipinski definition) is 5. The van der Waals surface area contributed by atoms with E-state index in [1.165, 1.54) is 0 Å². The number of aryl methyl sites for hydroxylation is 1. The Kier molecular flexibility index (Phi) is 8.09. The van der Waals surface area contributed by atoms with Gasteiger partial charge in [0, 0.05) is 5.39 Å². The minimum atomic E-state index is -0.719. The van der Waals surface area contributed by atoms with E-state index < -0.39 is 12.1 Å². The lowest BCUT2D eigenvalue weighted by molar-refractivity contribution is -0.127. The number of nitrogens with one attached hydrogen (secondary N) is 2. The number of anilines is 1. The Morgan fingerprint density at radius 3 is 2.48 bits per heavy atom. The molecule has 162 valence electrons. The molecule has 3 rings (SSSR count). The zero-order chi connectivity index (χ0) is 22.1. The van der Waals surface area contributed by atoms with Gasteiger partial charge in [0.25, 0.3) is 0 Å². The van der Waals surface area contributed by atoms with Crippen LogP contribution in [0.2, 0.25) is 0 Å². The fraction of sp³-hybridized carbons (Fsp3) is 0.292. The third-order valence-electron chi connectivity index (χ3n) is 5.11. The van der Waals surface area contributed by atoms with Gasteiger partial charge < -0.3 is 22.1 Å². The van der Waals surface area contributed by atoms with Crippen molar-refractivity contribution in [2.24, 2.45) is 11.5 Å². The molecule has 2 atom stereocenters. The second-order valence-electron chi connectivity index (χ2n) is 7.53. The first-order valence-corrected chi connectivity index (χ1v) is 10.5. The third kappa shape index (κ3) is 6.60. The van der Waals surface area contributed by atoms with E-state index in [1.807, 2.05) is 60.7 Å². The van der Waals surface area contributed by atoms with Crippen molar-refractivity contribution in [1.29, 1.82) is 0 Å². The number of benzene rings is 2. The minimum Gasteiger partial charge on any atom is -0.343 e. The summed E-state index contributed by atoms with van der Waals surface area (Å²) in [6.45, 7) is 0.466. The molecule has 7 heteroatoms. The van der Waals surface area contributed by atoms with Crippen LogP contribution in [0.15, 0.2) is 66.9 Å². The summed E-state index contributed by atoms with van der Waals surface area (Å²) in [6.07, 6.45) is 3.84. The van der Waals surface area contributed by atoms with Gasteiger partial charge in [-0.15, -0.1) is 0 Å². The lowest BCUT2D eigenvalue weighted by Gasteiger charge is -2.21. The summed E-state index contributed by atoms with van der Waals surface area (Å²) in [5.41, 5.74) is 14.0. The van der Waals surface area contributed by atoms with Gasteiger partial charge in [0.2, 0.25) is 11.8 Å². The largest absolute Gasteiger partial charge is 0.343 e. The molecule has 0 aliphatic heterocycles. The summed E-state index contributed by atoms with van der Waals surface area (Å²) in [4.78, 5) is 29.9. The molecule has 0 aliphatic rings. The molecule has 0 bridgehead atoms. The van der Waals surface area contributed by atoms with Crippen LogP contribution in [0.25, 0.3) is 10.9 Å². The van der Waals surface area contributed by atoms with E-state index in [0.717, 1.165) is 16.5 Å². The lowest BCUT2D eigenvalue weighted by atomic mass is 10.0. The molecular formula is C24H29N5O2. The van der Waals surface area contributed by atoms with Crippen LogP contribution in [-0.2, 0) is 16.0 Å². The van der Waals surface area contributed by atoms with Gasteiger partial charge in [0.1, 0.15) is 6.04 Å². The molecule has 1 aromatic heterocycles. The number of nitrogens with two attached hydrogens (primary N) is 2. The number of carbonyl (C=O) groups excluding carboxylic acids is 2. The van der Waals surface area contributed by atoms with Crippen molar-refractivity contribution in [2.75, 3.05) is 11.9 Å². The molecule has 0 saturated carbocycles. The van der Waals surface area contributed by atoms with Crippen molar-refractivity contribution in [3.05, 3.63) is 72.4 Å². The van der Waals surface area contributed by atoms with Gasteiger partial charge in [0.05, 0.1) is 23.4 Å². The predicted octanol–water partition coefficient (Wildman–Crippen LogP) is 2.36. The lowest BCUT2D eigenvalue weighted by Crippen LogP contribution is -2.50. The number of para-hydroxylation sites is 1. The van der Waals surface area contributed by atoms with E-state index in [-0.39, 0.29) is 11.8 Å². The maximum absolute atomic E-state index is 13.0. The number of rotatable bonds is 10. The van der Waals surface area contributed by atoms with Crippen molar-refractivity contribution in [2.45, 2.75) is 37.8 Å². The van der Waals surface area contributed by atoms with Crippen LogP contribution < -0.4 is 22.1 Å². The van der Waals surface area contributed by atoms with E-state index in [0.29, 0.717) is 37.9 Å². The number of nitrogens with zero attached hydrogens (tertiary/aromatic N) is 1. The van der Waals surface area contributed by atoms with Gasteiger partial charge in [-0.25, -0.2) is 0 Å². The molecule has 0 fully saturated rings. The van der Waals surface area contributed by atoms with E-state index in [4.69, 9.17) is 11.5 Å². The van der Waals surface area contributed by atoms with Crippen LogP contribution in [0.4, 0.5) is 5.69 Å². The highest BCUT2D eigenvalue weighted by atomic mass is 16.2. The smallest absolute Gasteiger partial charge is 0.247 e. The molecule has 3 aromatic rings. The van der Waals surface area contributed by atoms with E-state index in [1.54, 1.807) is 6.20 Å². The maximum atomic E-state index is 13.0. The topological polar surface area (TPSA) is 123 Å². The summed E-state index contributed by atoms with van der Waals surface area (Å²) in [5.74, 6) is -0.648. The minimum absolute atomic E-state index is 0.299. The van der Waals surface area contributed by atoms with E-state index in [9.17, 15) is 9.59 Å². The number of fused-ring (bicyclic) bond motifs is 1. The second-order valence-corrected chi connectivity index (χ2v) is 7.53. The quantitative estimate of drug-likeness (QED) is 0.402. The number of hydrogen-bond donors (Lipinski definition) is 4. The molecule has 0 unspecified atom stereocenters. The van der Waals surface area contributed by atoms with Gasteiger partial charge in [-0.2, -0.15) is 0 Å². The Balaban J connectivity index is 1.71. The summed E-state index contributed by atoms with van der Waals surface area (Å²) in [7, 11) is 0. The SMILES string of the molecule is NCCC[C@@H](N)C(=O)N[C@@H](CCc1ccccc1)C(=O)Nc1cnc2ccccc2c1. The number of carbonyl (C=O) groups is 2. The Morgan fingerprint density at radius 2 is 1.71 bits per heavy atom. The van der Waals surface area contributed by atoms with Crippen LogP contribution in [-0.4, -0.2) is 35.4 Å². The molecule has 6 N–H and O–H groups in total. The molecule has 0 radical (unpaired) electrons. The highest BCUT2D eigenvalue weighted by Gasteiger charge is 2.24. The van der Waals surface area contributed by atoms with Gasteiger partial charge in [-0.05, 0) is 49.9 Å². The number of pyridine rings is 1. The molecule has 0 aliphatic carbocycles. The average molecular weight is 420 g/mol. The standard InChI is InChI=1S/C24H29N5O2/c25-14-6-10-20(26)23(30)29-22(13-12-17-7-2-1-3-8-17)24(31)28-19-15-18-9-4-5-11-21(18)27-16-19/h1-5,7-9,11,15-16,20,22H,6,10,12-14,25-26H2,(H,28,31)(H,29,30)/t20-,22+/m1/s1. The van der Waals surface area contributed by atoms with Crippen LogP contribution in [0.1, 0.15) is 24.8 Å². The van der Waals surface area contributed by atoms with Crippen molar-refractivity contribution in [3.63, 3.8) is 0 Å².